The van der Waals surface area contributed by atoms with E-state index in [1.165, 1.54) is 4.63 Å². The first-order chi connectivity index (χ1) is 5.90. The van der Waals surface area contributed by atoms with Gasteiger partial charge in [0.05, 0.1) is 5.69 Å². The zero-order valence-corrected chi connectivity index (χ0v) is 6.80. The van der Waals surface area contributed by atoms with Crippen molar-refractivity contribution < 1.29 is 0 Å². The number of hydrogen-bond donors (Lipinski definition) is 0. The van der Waals surface area contributed by atoms with Gasteiger partial charge in [-0.1, -0.05) is 13.3 Å². The zero-order chi connectivity index (χ0) is 8.39. The Morgan fingerprint density at radius 2 is 2.33 bits per heavy atom. The average Bonchev–Trinajstić information content (AvgIpc) is 2.51. The molecule has 0 saturated carbocycles. The van der Waals surface area contributed by atoms with Crippen molar-refractivity contribution in [3.05, 3.63) is 17.8 Å². The molecule has 0 spiro atoms. The van der Waals surface area contributed by atoms with Gasteiger partial charge in [0.15, 0.2) is 5.65 Å². The van der Waals surface area contributed by atoms with Gasteiger partial charge < -0.3 is 0 Å². The molecule has 2 aromatic heterocycles. The minimum absolute atomic E-state index is 0.690. The van der Waals surface area contributed by atoms with Crippen molar-refractivity contribution in [1.29, 1.82) is 0 Å². The summed E-state index contributed by atoms with van der Waals surface area (Å²) in [6, 6.07) is 3.83. The first kappa shape index (κ1) is 7.15. The molecule has 2 heterocycles. The molecular weight excluding hydrogens is 154 g/mol. The van der Waals surface area contributed by atoms with Gasteiger partial charge >= 0.3 is 0 Å². The van der Waals surface area contributed by atoms with Gasteiger partial charge in [-0.3, -0.25) is 0 Å². The second-order valence-electron chi connectivity index (χ2n) is 2.60. The minimum Gasteiger partial charge on any atom is -0.152 e. The van der Waals surface area contributed by atoms with Crippen LogP contribution in [-0.4, -0.2) is 25.3 Å². The van der Waals surface area contributed by atoms with E-state index in [1.807, 2.05) is 12.1 Å². The Labute approximate surface area is 69.4 Å². The minimum atomic E-state index is 0.690. The van der Waals surface area contributed by atoms with Crippen LogP contribution in [0.4, 0.5) is 0 Å². The van der Waals surface area contributed by atoms with E-state index in [-0.39, 0.29) is 0 Å². The van der Waals surface area contributed by atoms with Crippen LogP contribution in [0, 0.1) is 0 Å². The number of tetrazole rings is 1. The summed E-state index contributed by atoms with van der Waals surface area (Å²) in [6.07, 6.45) is 2.05. The second kappa shape index (κ2) is 2.84. The SMILES string of the molecule is CCCc1ccc2nnnn2n1. The van der Waals surface area contributed by atoms with Crippen molar-refractivity contribution in [1.82, 2.24) is 25.3 Å². The standard InChI is InChI=1S/C7H9N5/c1-2-3-6-4-5-7-8-10-11-12(7)9-6/h4-5H,2-3H2,1H3. The molecule has 0 fully saturated rings. The van der Waals surface area contributed by atoms with Crippen LogP contribution in [-0.2, 0) is 6.42 Å². The topological polar surface area (TPSA) is 56.0 Å². The Kier molecular flexibility index (Phi) is 1.69. The molecule has 0 aromatic carbocycles. The van der Waals surface area contributed by atoms with Crippen molar-refractivity contribution in [3.8, 4) is 0 Å². The van der Waals surface area contributed by atoms with E-state index < -0.39 is 0 Å². The van der Waals surface area contributed by atoms with Crippen LogP contribution in [0.3, 0.4) is 0 Å². The Bertz CT molecular complexity index is 380. The molecule has 62 valence electrons. The molecule has 0 aliphatic carbocycles. The van der Waals surface area contributed by atoms with Gasteiger partial charge in [-0.25, -0.2) is 0 Å². The van der Waals surface area contributed by atoms with Gasteiger partial charge in [0.2, 0.25) is 0 Å². The molecule has 0 radical (unpaired) electrons. The molecule has 2 aromatic rings. The highest BCUT2D eigenvalue weighted by molar-refractivity contribution is 5.32. The maximum atomic E-state index is 4.21. The smallest absolute Gasteiger partial charge is 0.152 e. The Hall–Kier alpha value is -1.52. The number of rotatable bonds is 2. The number of aryl methyl sites for hydroxylation is 1. The van der Waals surface area contributed by atoms with Crippen molar-refractivity contribution in [2.45, 2.75) is 19.8 Å². The van der Waals surface area contributed by atoms with E-state index in [0.717, 1.165) is 18.5 Å². The summed E-state index contributed by atoms with van der Waals surface area (Å²) >= 11 is 0. The van der Waals surface area contributed by atoms with E-state index in [4.69, 9.17) is 0 Å². The fourth-order valence-corrected chi connectivity index (χ4v) is 1.08. The van der Waals surface area contributed by atoms with Crippen LogP contribution in [0.1, 0.15) is 19.0 Å². The van der Waals surface area contributed by atoms with Crippen molar-refractivity contribution in [3.63, 3.8) is 0 Å². The quantitative estimate of drug-likeness (QED) is 0.645. The van der Waals surface area contributed by atoms with E-state index in [9.17, 15) is 0 Å². The summed E-state index contributed by atoms with van der Waals surface area (Å²) in [7, 11) is 0. The van der Waals surface area contributed by atoms with Gasteiger partial charge in [0.1, 0.15) is 0 Å². The van der Waals surface area contributed by atoms with Crippen LogP contribution in [0.5, 0.6) is 0 Å². The number of aromatic nitrogens is 5. The molecule has 0 atom stereocenters. The number of hydrogen-bond acceptors (Lipinski definition) is 4. The lowest BCUT2D eigenvalue weighted by Crippen LogP contribution is -1.98. The van der Waals surface area contributed by atoms with Crippen LogP contribution in [0.25, 0.3) is 5.65 Å². The van der Waals surface area contributed by atoms with Crippen molar-refractivity contribution in [2.75, 3.05) is 0 Å². The fourth-order valence-electron chi connectivity index (χ4n) is 1.08. The maximum absolute atomic E-state index is 4.21. The lowest BCUT2D eigenvalue weighted by atomic mass is 10.2. The molecule has 5 heteroatoms. The summed E-state index contributed by atoms with van der Waals surface area (Å²) in [5.41, 5.74) is 1.71. The third kappa shape index (κ3) is 1.13. The van der Waals surface area contributed by atoms with Gasteiger partial charge in [-0.05, 0) is 29.0 Å². The summed E-state index contributed by atoms with van der Waals surface area (Å²) in [5, 5.41) is 15.2. The normalized spacial score (nSPS) is 10.8. The lowest BCUT2D eigenvalue weighted by molar-refractivity contribution is 0.701. The molecule has 0 N–H and O–H groups in total. The van der Waals surface area contributed by atoms with Crippen LogP contribution in [0.15, 0.2) is 12.1 Å². The molecular formula is C7H9N5. The Balaban J connectivity index is 2.46. The molecule has 0 aliphatic heterocycles. The summed E-state index contributed by atoms with van der Waals surface area (Å²) in [4.78, 5) is 0. The Morgan fingerprint density at radius 3 is 3.17 bits per heavy atom. The molecule has 0 aliphatic rings. The molecule has 0 amide bonds. The van der Waals surface area contributed by atoms with Crippen LogP contribution in [0.2, 0.25) is 0 Å². The highest BCUT2D eigenvalue weighted by Gasteiger charge is 1.98. The molecule has 2 rings (SSSR count). The average molecular weight is 163 g/mol. The third-order valence-electron chi connectivity index (χ3n) is 1.63. The maximum Gasteiger partial charge on any atom is 0.199 e. The molecule has 0 unspecified atom stereocenters. The van der Waals surface area contributed by atoms with Crippen molar-refractivity contribution in [2.24, 2.45) is 0 Å². The predicted octanol–water partition coefficient (Wildman–Crippen LogP) is 0.472. The van der Waals surface area contributed by atoms with E-state index in [0.29, 0.717) is 5.65 Å². The highest BCUT2D eigenvalue weighted by atomic mass is 15.6. The third-order valence-corrected chi connectivity index (χ3v) is 1.63. The first-order valence-electron chi connectivity index (χ1n) is 3.94. The van der Waals surface area contributed by atoms with E-state index in [2.05, 4.69) is 27.5 Å². The predicted molar refractivity (Wildman–Crippen MR) is 42.6 cm³/mol. The lowest BCUT2D eigenvalue weighted by Gasteiger charge is -1.95. The van der Waals surface area contributed by atoms with Gasteiger partial charge in [0.25, 0.3) is 0 Å². The summed E-state index contributed by atoms with van der Waals surface area (Å²) in [6.45, 7) is 2.12. The summed E-state index contributed by atoms with van der Waals surface area (Å²) in [5.74, 6) is 0. The highest BCUT2D eigenvalue weighted by Crippen LogP contribution is 1.99. The number of fused-ring (bicyclic) bond motifs is 1. The van der Waals surface area contributed by atoms with Gasteiger partial charge in [0, 0.05) is 0 Å². The van der Waals surface area contributed by atoms with Gasteiger partial charge in [-0.2, -0.15) is 5.10 Å². The van der Waals surface area contributed by atoms with Crippen LogP contribution >= 0.6 is 0 Å². The number of nitrogens with zero attached hydrogens (tertiary/aromatic N) is 5. The van der Waals surface area contributed by atoms with Crippen LogP contribution < -0.4 is 0 Å². The van der Waals surface area contributed by atoms with Gasteiger partial charge in [-0.15, -0.1) is 9.73 Å². The largest absolute Gasteiger partial charge is 0.199 e. The fraction of sp³-hybridized carbons (Fsp3) is 0.429. The van der Waals surface area contributed by atoms with Crippen molar-refractivity contribution >= 4 is 5.65 Å². The molecule has 5 nitrogen and oxygen atoms in total. The Morgan fingerprint density at radius 1 is 1.42 bits per heavy atom. The monoisotopic (exact) mass is 163 g/mol. The molecule has 0 bridgehead atoms. The summed E-state index contributed by atoms with van der Waals surface area (Å²) < 4.78 is 1.45. The zero-order valence-electron chi connectivity index (χ0n) is 6.80. The van der Waals surface area contributed by atoms with E-state index in [1.54, 1.807) is 0 Å². The molecule has 0 saturated heterocycles. The molecule has 12 heavy (non-hydrogen) atoms. The van der Waals surface area contributed by atoms with E-state index >= 15 is 0 Å². The second-order valence-corrected chi connectivity index (χ2v) is 2.60. The first-order valence-corrected chi connectivity index (χ1v) is 3.94.